The molecule has 37 heavy (non-hydrogen) atoms. The Labute approximate surface area is 213 Å². The van der Waals surface area contributed by atoms with Gasteiger partial charge in [0.15, 0.2) is 17.2 Å². The van der Waals surface area contributed by atoms with Gasteiger partial charge in [0, 0.05) is 57.9 Å². The van der Waals surface area contributed by atoms with Crippen LogP contribution in [0.5, 0.6) is 5.75 Å². The number of rotatable bonds is 4. The van der Waals surface area contributed by atoms with Crippen molar-refractivity contribution in [2.75, 3.05) is 6.98 Å². The number of halogens is 3. The lowest BCUT2D eigenvalue weighted by Gasteiger charge is -2.23. The quantitative estimate of drug-likeness (QED) is 0.443. The number of benzene rings is 1. The van der Waals surface area contributed by atoms with Crippen LogP contribution in [0.25, 0.3) is 16.9 Å². The summed E-state index contributed by atoms with van der Waals surface area (Å²) in [5.41, 5.74) is 6.80. The Bertz CT molecular complexity index is 1670. The first-order valence-electron chi connectivity index (χ1n) is 12.9. The molecule has 6 rings (SSSR count). The number of carbonyl (C=O) groups is 1. The Morgan fingerprint density at radius 2 is 1.97 bits per heavy atom. The van der Waals surface area contributed by atoms with E-state index in [1.54, 1.807) is 38.5 Å². The summed E-state index contributed by atoms with van der Waals surface area (Å²) in [4.78, 5) is 27.6. The molecule has 2 atom stereocenters. The maximum absolute atomic E-state index is 14.9. The molecule has 1 amide bonds. The van der Waals surface area contributed by atoms with Crippen molar-refractivity contribution >= 4 is 11.6 Å². The zero-order valence-corrected chi connectivity index (χ0v) is 19.6. The number of amides is 1. The standard InChI is InChI=1S/C25H22F3N7O2/c1-25(2,29)23-30-9-11(10-31-23)15-6-7-35-21(32-15)18-13-8-16(19(18)33-35)34(3)22(36)12-4-5-14(26)20(17(12)13)37-24(27)28/h4-7,9-10,13,16,24H,8,29H2,1-3H3/t13-,16-/m1/s1/i3D3. The minimum atomic E-state index is -3.38. The molecule has 0 saturated heterocycles. The molecule has 3 aromatic heterocycles. The van der Waals surface area contributed by atoms with Crippen LogP contribution in [0.3, 0.4) is 0 Å². The molecule has 2 N–H and O–H groups in total. The second-order valence-corrected chi connectivity index (χ2v) is 9.59. The molecule has 9 nitrogen and oxygen atoms in total. The molecule has 4 aromatic rings. The number of nitrogens with zero attached hydrogens (tertiary/aromatic N) is 6. The molecule has 0 saturated carbocycles. The highest BCUT2D eigenvalue weighted by molar-refractivity contribution is 5.98. The average Bonchev–Trinajstić information content (AvgIpc) is 3.36. The van der Waals surface area contributed by atoms with E-state index in [0.29, 0.717) is 27.5 Å². The lowest BCUT2D eigenvalue weighted by Crippen LogP contribution is -2.31. The Kier molecular flexibility index (Phi) is 4.32. The topological polar surface area (TPSA) is 112 Å². The van der Waals surface area contributed by atoms with Gasteiger partial charge in [-0.1, -0.05) is 0 Å². The first kappa shape index (κ1) is 20.0. The third kappa shape index (κ3) is 3.54. The minimum absolute atomic E-state index is 0.0380. The molecule has 0 fully saturated rings. The van der Waals surface area contributed by atoms with Gasteiger partial charge in [0.1, 0.15) is 5.82 Å². The van der Waals surface area contributed by atoms with Gasteiger partial charge >= 0.3 is 6.61 Å². The van der Waals surface area contributed by atoms with Gasteiger partial charge in [-0.15, -0.1) is 0 Å². The third-order valence-electron chi connectivity index (χ3n) is 6.66. The van der Waals surface area contributed by atoms with Crippen molar-refractivity contribution in [3.63, 3.8) is 0 Å². The van der Waals surface area contributed by atoms with Crippen molar-refractivity contribution in [3.05, 3.63) is 70.8 Å². The van der Waals surface area contributed by atoms with Gasteiger partial charge in [0.2, 0.25) is 0 Å². The largest absolute Gasteiger partial charge is 0.431 e. The summed E-state index contributed by atoms with van der Waals surface area (Å²) in [6.07, 6.45) is 4.67. The van der Waals surface area contributed by atoms with Crippen molar-refractivity contribution in [2.45, 2.75) is 44.4 Å². The summed E-state index contributed by atoms with van der Waals surface area (Å²) < 4.78 is 71.9. The normalized spacial score (nSPS) is 20.4. The Hall–Kier alpha value is -4.06. The SMILES string of the molecule is [2H]C([2H])([2H])N1C(=O)c2ccc(F)c(OC(F)F)c2[C@H]2C[C@@H]1c1nn3ccc(-c4cnc(C(C)(C)N)nc4)nc3c12. The van der Waals surface area contributed by atoms with Gasteiger partial charge in [0.05, 0.1) is 23.0 Å². The highest BCUT2D eigenvalue weighted by Gasteiger charge is 2.47. The van der Waals surface area contributed by atoms with E-state index >= 15 is 0 Å². The van der Waals surface area contributed by atoms with E-state index in [9.17, 15) is 18.0 Å². The van der Waals surface area contributed by atoms with E-state index in [0.717, 1.165) is 12.1 Å². The number of nitrogens with two attached hydrogens (primary N) is 1. The molecule has 2 aliphatic rings. The summed E-state index contributed by atoms with van der Waals surface area (Å²) in [6, 6.07) is 2.50. The van der Waals surface area contributed by atoms with Crippen molar-refractivity contribution in [1.82, 2.24) is 29.5 Å². The van der Waals surface area contributed by atoms with Gasteiger partial charge in [0.25, 0.3) is 5.91 Å². The van der Waals surface area contributed by atoms with Crippen molar-refractivity contribution in [1.29, 1.82) is 0 Å². The fourth-order valence-electron chi connectivity index (χ4n) is 5.03. The summed E-state index contributed by atoms with van der Waals surface area (Å²) in [7, 11) is 0. The van der Waals surface area contributed by atoms with Crippen molar-refractivity contribution in [3.8, 4) is 17.0 Å². The fraction of sp³-hybridized carbons (Fsp3) is 0.320. The van der Waals surface area contributed by atoms with Crippen LogP contribution >= 0.6 is 0 Å². The van der Waals surface area contributed by atoms with E-state index in [2.05, 4.69) is 19.8 Å². The molecule has 0 unspecified atom stereocenters. The van der Waals surface area contributed by atoms with Crippen LogP contribution in [0.4, 0.5) is 13.2 Å². The predicted octanol–water partition coefficient (Wildman–Crippen LogP) is 3.78. The van der Waals surface area contributed by atoms with Crippen LogP contribution in [0.15, 0.2) is 36.8 Å². The first-order valence-corrected chi connectivity index (χ1v) is 11.4. The molecule has 190 valence electrons. The predicted molar refractivity (Wildman–Crippen MR) is 126 cm³/mol. The van der Waals surface area contributed by atoms with Crippen LogP contribution in [-0.2, 0) is 5.54 Å². The van der Waals surface area contributed by atoms with Gasteiger partial charge in [-0.05, 0) is 38.5 Å². The maximum Gasteiger partial charge on any atom is 0.387 e. The number of alkyl halides is 2. The van der Waals surface area contributed by atoms with Crippen molar-refractivity contribution in [2.24, 2.45) is 5.73 Å². The van der Waals surface area contributed by atoms with E-state index in [1.807, 2.05) is 0 Å². The molecule has 0 radical (unpaired) electrons. The molecule has 12 heteroatoms. The van der Waals surface area contributed by atoms with E-state index in [1.165, 1.54) is 4.52 Å². The van der Waals surface area contributed by atoms with Crippen LogP contribution in [0.1, 0.15) is 69.3 Å². The summed E-state index contributed by atoms with van der Waals surface area (Å²) in [5, 5.41) is 4.52. The molecule has 4 heterocycles. The molecule has 1 aromatic carbocycles. The molecule has 0 spiro atoms. The number of hydrogen-bond acceptors (Lipinski definition) is 7. The second kappa shape index (κ2) is 7.97. The van der Waals surface area contributed by atoms with Crippen LogP contribution < -0.4 is 10.5 Å². The maximum atomic E-state index is 14.9. The second-order valence-electron chi connectivity index (χ2n) is 9.59. The zero-order chi connectivity index (χ0) is 28.7. The lowest BCUT2D eigenvalue weighted by molar-refractivity contribution is -0.0529. The Balaban J connectivity index is 1.58. The van der Waals surface area contributed by atoms with Gasteiger partial charge in [-0.3, -0.25) is 4.79 Å². The highest BCUT2D eigenvalue weighted by Crippen LogP contribution is 2.53. The number of carbonyl (C=O) groups excluding carboxylic acids is 1. The molecule has 2 bridgehead atoms. The summed E-state index contributed by atoms with van der Waals surface area (Å²) in [5.74, 6) is -3.36. The van der Waals surface area contributed by atoms with Gasteiger partial charge in [-0.25, -0.2) is 23.9 Å². The zero-order valence-electron chi connectivity index (χ0n) is 22.6. The molecular formula is C25H22F3N7O2. The van der Waals surface area contributed by atoms with Crippen LogP contribution in [-0.4, -0.2) is 49.0 Å². The number of fused-ring (bicyclic) bond motifs is 9. The van der Waals surface area contributed by atoms with Gasteiger partial charge in [-0.2, -0.15) is 13.9 Å². The monoisotopic (exact) mass is 512 g/mol. The van der Waals surface area contributed by atoms with E-state index < -0.39 is 48.6 Å². The molecular weight excluding hydrogens is 487 g/mol. The van der Waals surface area contributed by atoms with E-state index in [-0.39, 0.29) is 28.9 Å². The Morgan fingerprint density at radius 1 is 1.22 bits per heavy atom. The van der Waals surface area contributed by atoms with Gasteiger partial charge < -0.3 is 15.4 Å². The first-order chi connectivity index (χ1) is 18.8. The molecule has 1 aliphatic heterocycles. The number of aromatic nitrogens is 5. The average molecular weight is 513 g/mol. The summed E-state index contributed by atoms with van der Waals surface area (Å²) >= 11 is 0. The minimum Gasteiger partial charge on any atom is -0.431 e. The number of ether oxygens (including phenoxy) is 1. The van der Waals surface area contributed by atoms with E-state index in [4.69, 9.17) is 14.8 Å². The fourth-order valence-corrected chi connectivity index (χ4v) is 5.03. The van der Waals surface area contributed by atoms with Crippen molar-refractivity contribution < 1.29 is 26.8 Å². The Morgan fingerprint density at radius 3 is 2.65 bits per heavy atom. The number of hydrogen-bond donors (Lipinski definition) is 1. The van der Waals surface area contributed by atoms with Crippen LogP contribution in [0.2, 0.25) is 0 Å². The molecule has 1 aliphatic carbocycles. The highest BCUT2D eigenvalue weighted by atomic mass is 19.3. The smallest absolute Gasteiger partial charge is 0.387 e. The third-order valence-corrected chi connectivity index (χ3v) is 6.66. The summed E-state index contributed by atoms with van der Waals surface area (Å²) in [6.45, 7) is -2.76. The van der Waals surface area contributed by atoms with Crippen LogP contribution in [0, 0.1) is 5.82 Å². The lowest BCUT2D eigenvalue weighted by atomic mass is 9.89.